The molecule has 1 N–H and O–H groups in total. The maximum Gasteiger partial charge on any atom is 0.120 e. The van der Waals surface area contributed by atoms with Gasteiger partial charge in [-0.05, 0) is 32.2 Å². The van der Waals surface area contributed by atoms with Crippen LogP contribution < -0.4 is 0 Å². The second-order valence-corrected chi connectivity index (χ2v) is 4.29. The van der Waals surface area contributed by atoms with E-state index in [0.717, 1.165) is 12.1 Å². The molecular weight excluding hydrogens is 226 g/mol. The van der Waals surface area contributed by atoms with Gasteiger partial charge in [0.15, 0.2) is 0 Å². The summed E-state index contributed by atoms with van der Waals surface area (Å²) in [6.07, 6.45) is 0. The number of hydrogen-bond donors (Lipinski definition) is 1. The predicted octanol–water partition coefficient (Wildman–Crippen LogP) is 2.68. The maximum absolute atomic E-state index is 9.76. The van der Waals surface area contributed by atoms with Crippen LogP contribution in [0.1, 0.15) is 18.5 Å². The monoisotopic (exact) mass is 243 g/mol. The molecule has 0 aliphatic heterocycles. The van der Waals surface area contributed by atoms with E-state index < -0.39 is 0 Å². The van der Waals surface area contributed by atoms with Crippen molar-refractivity contribution in [3.8, 4) is 5.75 Å². The molecule has 0 saturated carbocycles. The second-order valence-electron chi connectivity index (χ2n) is 3.85. The second kappa shape index (κ2) is 6.09. The van der Waals surface area contributed by atoms with Gasteiger partial charge in [0.25, 0.3) is 0 Å². The molecule has 16 heavy (non-hydrogen) atoms. The molecule has 1 rings (SSSR count). The number of benzene rings is 1. The molecule has 1 atom stereocenters. The molecule has 1 unspecified atom stereocenters. The standard InChI is InChI=1S/C12H18ClNO2/c1-9(14(2)6-7-16-3)11-8-10(13)4-5-12(11)15/h4-5,8-9,15H,6-7H2,1-3H3. The Morgan fingerprint density at radius 2 is 2.19 bits per heavy atom. The molecule has 90 valence electrons. The Labute approximate surface area is 102 Å². The zero-order valence-electron chi connectivity index (χ0n) is 9.90. The van der Waals surface area contributed by atoms with Crippen LogP contribution in [0.5, 0.6) is 5.75 Å². The molecule has 0 saturated heterocycles. The number of likely N-dealkylation sites (N-methyl/N-ethyl adjacent to an activating group) is 1. The molecule has 0 bridgehead atoms. The third-order valence-electron chi connectivity index (χ3n) is 2.75. The Morgan fingerprint density at radius 1 is 1.50 bits per heavy atom. The summed E-state index contributed by atoms with van der Waals surface area (Å²) in [5.74, 6) is 0.279. The van der Waals surface area contributed by atoms with Crippen molar-refractivity contribution in [3.63, 3.8) is 0 Å². The van der Waals surface area contributed by atoms with E-state index in [1.807, 2.05) is 14.0 Å². The van der Waals surface area contributed by atoms with Gasteiger partial charge in [-0.15, -0.1) is 0 Å². The van der Waals surface area contributed by atoms with E-state index in [0.29, 0.717) is 11.6 Å². The average Bonchev–Trinajstić information content (AvgIpc) is 2.28. The first-order valence-electron chi connectivity index (χ1n) is 5.24. The molecule has 1 aromatic rings. The largest absolute Gasteiger partial charge is 0.508 e. The van der Waals surface area contributed by atoms with Gasteiger partial charge in [0.05, 0.1) is 6.61 Å². The highest BCUT2D eigenvalue weighted by Gasteiger charge is 2.15. The molecule has 0 spiro atoms. The highest BCUT2D eigenvalue weighted by atomic mass is 35.5. The Kier molecular flexibility index (Phi) is 5.06. The minimum atomic E-state index is 0.105. The van der Waals surface area contributed by atoms with Gasteiger partial charge in [0.2, 0.25) is 0 Å². The number of methoxy groups -OCH3 is 1. The first-order valence-corrected chi connectivity index (χ1v) is 5.61. The number of halogens is 1. The van der Waals surface area contributed by atoms with Crippen LogP contribution in [0.15, 0.2) is 18.2 Å². The van der Waals surface area contributed by atoms with Crippen molar-refractivity contribution in [1.82, 2.24) is 4.90 Å². The van der Waals surface area contributed by atoms with Crippen LogP contribution in [0, 0.1) is 0 Å². The number of nitrogens with zero attached hydrogens (tertiary/aromatic N) is 1. The van der Waals surface area contributed by atoms with E-state index in [2.05, 4.69) is 4.90 Å². The highest BCUT2D eigenvalue weighted by molar-refractivity contribution is 6.30. The van der Waals surface area contributed by atoms with Crippen LogP contribution in [0.3, 0.4) is 0 Å². The lowest BCUT2D eigenvalue weighted by molar-refractivity contribution is 0.142. The lowest BCUT2D eigenvalue weighted by Gasteiger charge is -2.25. The van der Waals surface area contributed by atoms with Crippen molar-refractivity contribution < 1.29 is 9.84 Å². The third-order valence-corrected chi connectivity index (χ3v) is 2.98. The summed E-state index contributed by atoms with van der Waals surface area (Å²) in [6, 6.07) is 5.21. The van der Waals surface area contributed by atoms with Gasteiger partial charge < -0.3 is 9.84 Å². The summed E-state index contributed by atoms with van der Waals surface area (Å²) >= 11 is 5.92. The lowest BCUT2D eigenvalue weighted by atomic mass is 10.1. The van der Waals surface area contributed by atoms with Gasteiger partial charge in [0.1, 0.15) is 5.75 Å². The van der Waals surface area contributed by atoms with Gasteiger partial charge in [-0.2, -0.15) is 0 Å². The topological polar surface area (TPSA) is 32.7 Å². The molecular formula is C12H18ClNO2. The Bertz CT molecular complexity index is 344. The molecule has 1 aromatic carbocycles. The number of phenolic OH excluding ortho intramolecular Hbond substituents is 1. The molecule has 0 aliphatic rings. The molecule has 0 fully saturated rings. The van der Waals surface area contributed by atoms with Crippen molar-refractivity contribution in [3.05, 3.63) is 28.8 Å². The first-order chi connectivity index (χ1) is 7.56. The molecule has 0 radical (unpaired) electrons. The van der Waals surface area contributed by atoms with Crippen molar-refractivity contribution in [2.24, 2.45) is 0 Å². The number of phenols is 1. The van der Waals surface area contributed by atoms with Gasteiger partial charge >= 0.3 is 0 Å². The minimum Gasteiger partial charge on any atom is -0.508 e. The number of aromatic hydroxyl groups is 1. The normalized spacial score (nSPS) is 13.1. The fraction of sp³-hybridized carbons (Fsp3) is 0.500. The summed E-state index contributed by atoms with van der Waals surface area (Å²) in [6.45, 7) is 3.51. The zero-order valence-corrected chi connectivity index (χ0v) is 10.7. The highest BCUT2D eigenvalue weighted by Crippen LogP contribution is 2.29. The van der Waals surface area contributed by atoms with Crippen LogP contribution in [0.4, 0.5) is 0 Å². The predicted molar refractivity (Wildman–Crippen MR) is 66.0 cm³/mol. The van der Waals surface area contributed by atoms with E-state index in [4.69, 9.17) is 16.3 Å². The smallest absolute Gasteiger partial charge is 0.120 e. The average molecular weight is 244 g/mol. The van der Waals surface area contributed by atoms with Crippen LogP contribution >= 0.6 is 11.6 Å². The van der Waals surface area contributed by atoms with E-state index in [1.165, 1.54) is 0 Å². The third kappa shape index (κ3) is 3.37. The number of ether oxygens (including phenoxy) is 1. The number of rotatable bonds is 5. The molecule has 4 heteroatoms. The zero-order chi connectivity index (χ0) is 12.1. The van der Waals surface area contributed by atoms with Crippen LogP contribution in [-0.4, -0.2) is 37.3 Å². The van der Waals surface area contributed by atoms with E-state index >= 15 is 0 Å². The van der Waals surface area contributed by atoms with Crippen molar-refractivity contribution in [2.45, 2.75) is 13.0 Å². The molecule has 3 nitrogen and oxygen atoms in total. The number of hydrogen-bond acceptors (Lipinski definition) is 3. The summed E-state index contributed by atoms with van der Waals surface area (Å²) in [4.78, 5) is 2.11. The van der Waals surface area contributed by atoms with Gasteiger partial charge in [0, 0.05) is 30.3 Å². The van der Waals surface area contributed by atoms with Gasteiger partial charge in [-0.3, -0.25) is 4.90 Å². The van der Waals surface area contributed by atoms with Crippen LogP contribution in [-0.2, 0) is 4.74 Å². The summed E-state index contributed by atoms with van der Waals surface area (Å²) in [5, 5.41) is 10.4. The molecule has 0 heterocycles. The maximum atomic E-state index is 9.76. The van der Waals surface area contributed by atoms with E-state index in [9.17, 15) is 5.11 Å². The van der Waals surface area contributed by atoms with Crippen molar-refractivity contribution >= 4 is 11.6 Å². The summed E-state index contributed by atoms with van der Waals surface area (Å²) < 4.78 is 5.02. The lowest BCUT2D eigenvalue weighted by Crippen LogP contribution is -2.26. The quantitative estimate of drug-likeness (QED) is 0.863. The van der Waals surface area contributed by atoms with Crippen LogP contribution in [0.2, 0.25) is 5.02 Å². The molecule has 0 aliphatic carbocycles. The Hall–Kier alpha value is -0.770. The Balaban J connectivity index is 2.78. The molecule has 0 aromatic heterocycles. The van der Waals surface area contributed by atoms with E-state index in [1.54, 1.807) is 25.3 Å². The van der Waals surface area contributed by atoms with Crippen LogP contribution in [0.25, 0.3) is 0 Å². The fourth-order valence-corrected chi connectivity index (χ4v) is 1.71. The Morgan fingerprint density at radius 3 is 2.81 bits per heavy atom. The van der Waals surface area contributed by atoms with Crippen molar-refractivity contribution in [1.29, 1.82) is 0 Å². The molecule has 0 amide bonds. The minimum absolute atomic E-state index is 0.105. The summed E-state index contributed by atoms with van der Waals surface area (Å²) in [7, 11) is 3.67. The first kappa shape index (κ1) is 13.3. The van der Waals surface area contributed by atoms with E-state index in [-0.39, 0.29) is 11.8 Å². The van der Waals surface area contributed by atoms with Gasteiger partial charge in [-0.1, -0.05) is 11.6 Å². The fourth-order valence-electron chi connectivity index (χ4n) is 1.53. The summed E-state index contributed by atoms with van der Waals surface area (Å²) in [5.41, 5.74) is 0.839. The SMILES string of the molecule is COCCN(C)C(C)c1cc(Cl)ccc1O. The van der Waals surface area contributed by atoms with Gasteiger partial charge in [-0.25, -0.2) is 0 Å². The van der Waals surface area contributed by atoms with Crippen molar-refractivity contribution in [2.75, 3.05) is 27.3 Å².